The van der Waals surface area contributed by atoms with Crippen LogP contribution < -0.4 is 4.74 Å². The summed E-state index contributed by atoms with van der Waals surface area (Å²) in [5.74, 6) is -1.61. The number of aromatic nitrogens is 2. The molecule has 0 fully saturated rings. The van der Waals surface area contributed by atoms with Crippen molar-refractivity contribution in [2.45, 2.75) is 32.6 Å². The van der Waals surface area contributed by atoms with E-state index in [0.717, 1.165) is 0 Å². The lowest BCUT2D eigenvalue weighted by molar-refractivity contribution is -0.143. The van der Waals surface area contributed by atoms with Crippen LogP contribution in [0.1, 0.15) is 44.1 Å². The Morgan fingerprint density at radius 3 is 2.03 bits per heavy atom. The van der Waals surface area contributed by atoms with Gasteiger partial charge in [-0.1, -0.05) is 18.2 Å². The van der Waals surface area contributed by atoms with Gasteiger partial charge in [0.1, 0.15) is 17.1 Å². The van der Waals surface area contributed by atoms with Gasteiger partial charge >= 0.3 is 18.3 Å². The molecule has 1 aromatic heterocycles. The second kappa shape index (κ2) is 8.72. The maximum atomic E-state index is 13.2. The lowest BCUT2D eigenvalue weighted by Gasteiger charge is -2.16. The summed E-state index contributed by atoms with van der Waals surface area (Å²) >= 11 is 0. The molecule has 3 rings (SSSR count). The van der Waals surface area contributed by atoms with Crippen molar-refractivity contribution in [3.63, 3.8) is 0 Å². The van der Waals surface area contributed by atoms with Crippen LogP contribution in [0.25, 0.3) is 0 Å². The highest BCUT2D eigenvalue weighted by Gasteiger charge is 2.37. The quantitative estimate of drug-likeness (QED) is 0.449. The van der Waals surface area contributed by atoms with E-state index in [-0.39, 0.29) is 29.2 Å². The summed E-state index contributed by atoms with van der Waals surface area (Å²) in [7, 11) is 0. The Morgan fingerprint density at radius 2 is 1.52 bits per heavy atom. The summed E-state index contributed by atoms with van der Waals surface area (Å²) in [6.45, 7) is 3.10. The number of hydrogen-bond donors (Lipinski definition) is 1. The SMILES string of the molecule is Cc1nc(Cc2cc(C(F)(F)F)cc(C(F)(F)F)c2)c(C(=O)O)c(Oc2ccccc2C)n1. The van der Waals surface area contributed by atoms with Gasteiger partial charge < -0.3 is 9.84 Å². The number of carboxylic acids is 1. The van der Waals surface area contributed by atoms with Gasteiger partial charge in [0.05, 0.1) is 16.8 Å². The first-order chi connectivity index (χ1) is 15.3. The molecule has 0 atom stereocenters. The molecule has 0 spiro atoms. The van der Waals surface area contributed by atoms with E-state index in [1.807, 2.05) is 0 Å². The van der Waals surface area contributed by atoms with Crippen LogP contribution in [-0.4, -0.2) is 21.0 Å². The van der Waals surface area contributed by atoms with E-state index in [2.05, 4.69) is 9.97 Å². The molecular formula is C22H16F6N2O3. The number of nitrogens with zero attached hydrogens (tertiary/aromatic N) is 2. The lowest BCUT2D eigenvalue weighted by atomic mass is 9.99. The van der Waals surface area contributed by atoms with Gasteiger partial charge in [0, 0.05) is 6.42 Å². The average molecular weight is 470 g/mol. The molecule has 33 heavy (non-hydrogen) atoms. The molecular weight excluding hydrogens is 454 g/mol. The average Bonchev–Trinajstić information content (AvgIpc) is 2.67. The molecule has 0 saturated carbocycles. The minimum Gasteiger partial charge on any atom is -0.477 e. The van der Waals surface area contributed by atoms with Crippen LogP contribution in [0.5, 0.6) is 11.6 Å². The van der Waals surface area contributed by atoms with E-state index in [9.17, 15) is 36.2 Å². The third-order valence-corrected chi connectivity index (χ3v) is 4.60. The summed E-state index contributed by atoms with van der Waals surface area (Å²) in [4.78, 5) is 19.9. The van der Waals surface area contributed by atoms with Gasteiger partial charge in [-0.25, -0.2) is 9.78 Å². The number of carboxylic acid groups (broad SMARTS) is 1. The van der Waals surface area contributed by atoms with Crippen molar-refractivity contribution in [3.8, 4) is 11.6 Å². The van der Waals surface area contributed by atoms with E-state index in [1.165, 1.54) is 6.92 Å². The fourth-order valence-corrected chi connectivity index (χ4v) is 3.11. The first kappa shape index (κ1) is 24.0. The van der Waals surface area contributed by atoms with E-state index in [1.54, 1.807) is 31.2 Å². The Kier molecular flexibility index (Phi) is 6.35. The fourth-order valence-electron chi connectivity index (χ4n) is 3.11. The number of hydrogen-bond acceptors (Lipinski definition) is 4. The van der Waals surface area contributed by atoms with Crippen molar-refractivity contribution in [2.24, 2.45) is 0 Å². The Bertz CT molecular complexity index is 1170. The van der Waals surface area contributed by atoms with Gasteiger partial charge in [0.15, 0.2) is 0 Å². The summed E-state index contributed by atoms with van der Waals surface area (Å²) in [5, 5.41) is 9.71. The monoisotopic (exact) mass is 470 g/mol. The number of carbonyl (C=O) groups is 1. The second-order valence-corrected chi connectivity index (χ2v) is 7.16. The zero-order valence-corrected chi connectivity index (χ0v) is 17.2. The van der Waals surface area contributed by atoms with E-state index >= 15 is 0 Å². The standard InChI is InChI=1S/C22H16F6N2O3/c1-11-5-3-4-6-17(11)33-19-18(20(31)32)16(29-12(2)30-19)9-13-7-14(21(23,24)25)10-15(8-13)22(26,27)28/h3-8,10H,9H2,1-2H3,(H,31,32). The number of halogens is 6. The van der Waals surface area contributed by atoms with Crippen molar-refractivity contribution in [1.29, 1.82) is 0 Å². The number of benzene rings is 2. The molecule has 2 aromatic carbocycles. The second-order valence-electron chi connectivity index (χ2n) is 7.16. The predicted octanol–water partition coefficient (Wildman–Crippen LogP) is 6.21. The Hall–Kier alpha value is -3.63. The number of aromatic carboxylic acids is 1. The molecule has 0 bridgehead atoms. The van der Waals surface area contributed by atoms with Crippen LogP contribution in [0.3, 0.4) is 0 Å². The van der Waals surface area contributed by atoms with Gasteiger partial charge in [-0.2, -0.15) is 31.3 Å². The summed E-state index contributed by atoms with van der Waals surface area (Å²) in [6, 6.07) is 7.67. The van der Waals surface area contributed by atoms with Crippen LogP contribution in [0, 0.1) is 13.8 Å². The number of rotatable bonds is 5. The van der Waals surface area contributed by atoms with Gasteiger partial charge in [-0.15, -0.1) is 0 Å². The van der Waals surface area contributed by atoms with Crippen molar-refractivity contribution < 1.29 is 41.0 Å². The van der Waals surface area contributed by atoms with Crippen LogP contribution >= 0.6 is 0 Å². The zero-order chi connectivity index (χ0) is 24.6. The van der Waals surface area contributed by atoms with Crippen LogP contribution in [-0.2, 0) is 18.8 Å². The van der Waals surface area contributed by atoms with Gasteiger partial charge in [-0.3, -0.25) is 0 Å². The molecule has 174 valence electrons. The topological polar surface area (TPSA) is 72.3 Å². The molecule has 1 N–H and O–H groups in total. The third kappa shape index (κ3) is 5.60. The number of para-hydroxylation sites is 1. The third-order valence-electron chi connectivity index (χ3n) is 4.60. The van der Waals surface area contributed by atoms with Gasteiger partial charge in [0.25, 0.3) is 0 Å². The molecule has 1 heterocycles. The normalized spacial score (nSPS) is 12.0. The highest BCUT2D eigenvalue weighted by Crippen LogP contribution is 2.37. The fraction of sp³-hybridized carbons (Fsp3) is 0.227. The van der Waals surface area contributed by atoms with Crippen LogP contribution in [0.4, 0.5) is 26.3 Å². The van der Waals surface area contributed by atoms with Crippen LogP contribution in [0.2, 0.25) is 0 Å². The van der Waals surface area contributed by atoms with E-state index in [0.29, 0.717) is 17.7 Å². The van der Waals surface area contributed by atoms with Gasteiger partial charge in [0.2, 0.25) is 5.88 Å². The van der Waals surface area contributed by atoms with Crippen LogP contribution in [0.15, 0.2) is 42.5 Å². The summed E-state index contributed by atoms with van der Waals surface area (Å²) in [6.07, 6.45) is -10.7. The Balaban J connectivity index is 2.13. The van der Waals surface area contributed by atoms with Crippen molar-refractivity contribution in [3.05, 3.63) is 81.8 Å². The van der Waals surface area contributed by atoms with Gasteiger partial charge in [-0.05, 0) is 49.2 Å². The highest BCUT2D eigenvalue weighted by atomic mass is 19.4. The minimum atomic E-state index is -5.04. The number of alkyl halides is 6. The number of ether oxygens (including phenoxy) is 1. The maximum absolute atomic E-state index is 13.2. The maximum Gasteiger partial charge on any atom is 0.416 e. The molecule has 0 aliphatic heterocycles. The first-order valence-corrected chi connectivity index (χ1v) is 9.38. The molecule has 5 nitrogen and oxygen atoms in total. The molecule has 0 aliphatic rings. The van der Waals surface area contributed by atoms with E-state index < -0.39 is 47.0 Å². The molecule has 0 saturated heterocycles. The molecule has 0 radical (unpaired) electrons. The van der Waals surface area contributed by atoms with Crippen molar-refractivity contribution >= 4 is 5.97 Å². The van der Waals surface area contributed by atoms with Crippen molar-refractivity contribution in [1.82, 2.24) is 9.97 Å². The van der Waals surface area contributed by atoms with Crippen molar-refractivity contribution in [2.75, 3.05) is 0 Å². The smallest absolute Gasteiger partial charge is 0.416 e. The number of aryl methyl sites for hydroxylation is 2. The first-order valence-electron chi connectivity index (χ1n) is 9.38. The molecule has 11 heteroatoms. The molecule has 3 aromatic rings. The summed E-state index contributed by atoms with van der Waals surface area (Å²) < 4.78 is 84.7. The molecule has 0 aliphatic carbocycles. The Labute approximate surface area is 183 Å². The van der Waals surface area contributed by atoms with E-state index in [4.69, 9.17) is 4.74 Å². The largest absolute Gasteiger partial charge is 0.477 e. The lowest BCUT2D eigenvalue weighted by Crippen LogP contribution is -2.14. The summed E-state index contributed by atoms with van der Waals surface area (Å²) in [5.41, 5.74) is -3.63. The molecule has 0 unspecified atom stereocenters. The predicted molar refractivity (Wildman–Crippen MR) is 104 cm³/mol. The Morgan fingerprint density at radius 1 is 0.939 bits per heavy atom. The molecule has 0 amide bonds. The zero-order valence-electron chi connectivity index (χ0n) is 17.2. The minimum absolute atomic E-state index is 0.000442. The highest BCUT2D eigenvalue weighted by molar-refractivity contribution is 5.91.